The van der Waals surface area contributed by atoms with Gasteiger partial charge in [-0.3, -0.25) is 4.79 Å². The summed E-state index contributed by atoms with van der Waals surface area (Å²) in [4.78, 5) is 12.2. The summed E-state index contributed by atoms with van der Waals surface area (Å²) in [5.41, 5.74) is 6.96. The van der Waals surface area contributed by atoms with Crippen molar-refractivity contribution in [3.05, 3.63) is 46.2 Å². The summed E-state index contributed by atoms with van der Waals surface area (Å²) < 4.78 is 5.76. The number of anilines is 1. The van der Waals surface area contributed by atoms with Crippen molar-refractivity contribution >= 4 is 22.9 Å². The Balaban J connectivity index is 2.03. The first-order chi connectivity index (χ1) is 10.2. The molecule has 2 rings (SSSR count). The van der Waals surface area contributed by atoms with Crippen LogP contribution in [0.4, 0.5) is 5.69 Å². The Morgan fingerprint density at radius 1 is 1.43 bits per heavy atom. The zero-order chi connectivity index (χ0) is 15.1. The van der Waals surface area contributed by atoms with Crippen LogP contribution in [0.5, 0.6) is 5.75 Å². The molecule has 1 aromatic heterocycles. The number of ether oxygens (including phenoxy) is 1. The molecule has 108 valence electrons. The van der Waals surface area contributed by atoms with Crippen molar-refractivity contribution in [2.45, 2.75) is 13.5 Å². The smallest absolute Gasteiger partial charge is 0.221 e. The summed E-state index contributed by atoms with van der Waals surface area (Å²) in [6.45, 7) is 2.26. The molecule has 0 unspecified atom stereocenters. The maximum atomic E-state index is 11.2. The van der Waals surface area contributed by atoms with Gasteiger partial charge < -0.3 is 15.8 Å². The summed E-state index contributed by atoms with van der Waals surface area (Å²) in [5, 5.41) is 4.72. The zero-order valence-corrected chi connectivity index (χ0v) is 12.5. The van der Waals surface area contributed by atoms with Gasteiger partial charge in [0.25, 0.3) is 0 Å². The minimum atomic E-state index is -0.124. The van der Waals surface area contributed by atoms with Gasteiger partial charge in [-0.15, -0.1) is 11.3 Å². The number of thiophene rings is 1. The van der Waals surface area contributed by atoms with Gasteiger partial charge in [0.15, 0.2) is 0 Å². The SMILES string of the molecule is CC(=O)Nc1ccccc1OCc1cc(C#CCN)cs1. The number of nitrogens with two attached hydrogens (primary N) is 1. The molecule has 2 aromatic rings. The van der Waals surface area contributed by atoms with Crippen LogP contribution >= 0.6 is 11.3 Å². The zero-order valence-electron chi connectivity index (χ0n) is 11.7. The number of hydrogen-bond donors (Lipinski definition) is 2. The highest BCUT2D eigenvalue weighted by atomic mass is 32.1. The second-order valence-electron chi connectivity index (χ2n) is 4.27. The molecule has 0 aliphatic carbocycles. The molecule has 0 saturated heterocycles. The van der Waals surface area contributed by atoms with E-state index < -0.39 is 0 Å². The highest BCUT2D eigenvalue weighted by molar-refractivity contribution is 7.10. The van der Waals surface area contributed by atoms with Crippen LogP contribution < -0.4 is 15.8 Å². The highest BCUT2D eigenvalue weighted by Gasteiger charge is 2.05. The van der Waals surface area contributed by atoms with Crippen LogP contribution in [0.25, 0.3) is 0 Å². The topological polar surface area (TPSA) is 64.3 Å². The summed E-state index contributed by atoms with van der Waals surface area (Å²) in [5.74, 6) is 6.33. The average Bonchev–Trinajstić information content (AvgIpc) is 2.91. The quantitative estimate of drug-likeness (QED) is 0.853. The molecule has 1 amide bonds. The third-order valence-electron chi connectivity index (χ3n) is 2.56. The molecule has 0 aliphatic heterocycles. The van der Waals surface area contributed by atoms with E-state index in [1.807, 2.05) is 35.7 Å². The Kier molecular flexibility index (Phi) is 5.38. The van der Waals surface area contributed by atoms with E-state index in [1.54, 1.807) is 11.3 Å². The third kappa shape index (κ3) is 4.63. The van der Waals surface area contributed by atoms with Gasteiger partial charge in [0.1, 0.15) is 12.4 Å². The Morgan fingerprint density at radius 3 is 3.00 bits per heavy atom. The number of benzene rings is 1. The highest BCUT2D eigenvalue weighted by Crippen LogP contribution is 2.25. The lowest BCUT2D eigenvalue weighted by Crippen LogP contribution is -2.07. The molecular formula is C16H16N2O2S. The summed E-state index contributed by atoms with van der Waals surface area (Å²) in [7, 11) is 0. The largest absolute Gasteiger partial charge is 0.486 e. The molecule has 1 heterocycles. The van der Waals surface area contributed by atoms with Gasteiger partial charge in [-0.1, -0.05) is 24.0 Å². The van der Waals surface area contributed by atoms with E-state index in [0.717, 1.165) is 10.4 Å². The lowest BCUT2D eigenvalue weighted by Gasteiger charge is -2.10. The summed E-state index contributed by atoms with van der Waals surface area (Å²) in [6.07, 6.45) is 0. The van der Waals surface area contributed by atoms with Crippen LogP contribution in [0.3, 0.4) is 0 Å². The van der Waals surface area contributed by atoms with Crippen molar-refractivity contribution in [2.75, 3.05) is 11.9 Å². The first kappa shape index (κ1) is 15.1. The van der Waals surface area contributed by atoms with Crippen LogP contribution in [0, 0.1) is 11.8 Å². The Labute approximate surface area is 127 Å². The van der Waals surface area contributed by atoms with Gasteiger partial charge in [0.05, 0.1) is 12.2 Å². The fourth-order valence-electron chi connectivity index (χ4n) is 1.71. The molecule has 3 N–H and O–H groups in total. The predicted octanol–water partition coefficient (Wildman–Crippen LogP) is 2.60. The maximum Gasteiger partial charge on any atom is 0.221 e. The Hall–Kier alpha value is -2.29. The fraction of sp³-hybridized carbons (Fsp3) is 0.188. The van der Waals surface area contributed by atoms with E-state index >= 15 is 0 Å². The van der Waals surface area contributed by atoms with Crippen LogP contribution in [-0.4, -0.2) is 12.5 Å². The van der Waals surface area contributed by atoms with Crippen molar-refractivity contribution in [2.24, 2.45) is 5.73 Å². The lowest BCUT2D eigenvalue weighted by molar-refractivity contribution is -0.114. The van der Waals surface area contributed by atoms with Crippen LogP contribution in [0.2, 0.25) is 0 Å². The number of nitrogens with one attached hydrogen (secondary N) is 1. The normalized spacial score (nSPS) is 9.62. The molecule has 0 radical (unpaired) electrons. The van der Waals surface area contributed by atoms with E-state index in [0.29, 0.717) is 24.6 Å². The molecule has 0 aliphatic rings. The molecular weight excluding hydrogens is 284 g/mol. The molecule has 0 bridgehead atoms. The van der Waals surface area contributed by atoms with Crippen molar-refractivity contribution in [1.29, 1.82) is 0 Å². The lowest BCUT2D eigenvalue weighted by atomic mass is 10.3. The number of carbonyl (C=O) groups excluding carboxylic acids is 1. The fourth-order valence-corrected chi connectivity index (χ4v) is 2.44. The first-order valence-corrected chi connectivity index (χ1v) is 7.33. The van der Waals surface area contributed by atoms with E-state index in [4.69, 9.17) is 10.5 Å². The van der Waals surface area contributed by atoms with Gasteiger partial charge in [-0.25, -0.2) is 0 Å². The number of hydrogen-bond acceptors (Lipinski definition) is 4. The van der Waals surface area contributed by atoms with Crippen molar-refractivity contribution < 1.29 is 9.53 Å². The molecule has 0 fully saturated rings. The van der Waals surface area contributed by atoms with E-state index in [-0.39, 0.29) is 5.91 Å². The molecule has 21 heavy (non-hydrogen) atoms. The van der Waals surface area contributed by atoms with Crippen LogP contribution in [-0.2, 0) is 11.4 Å². The summed E-state index contributed by atoms with van der Waals surface area (Å²) >= 11 is 1.58. The predicted molar refractivity (Wildman–Crippen MR) is 85.3 cm³/mol. The molecule has 4 nitrogen and oxygen atoms in total. The van der Waals surface area contributed by atoms with Crippen molar-refractivity contribution in [3.8, 4) is 17.6 Å². The van der Waals surface area contributed by atoms with Crippen LogP contribution in [0.1, 0.15) is 17.4 Å². The Bertz CT molecular complexity index is 683. The van der Waals surface area contributed by atoms with Gasteiger partial charge in [0.2, 0.25) is 5.91 Å². The second kappa shape index (κ2) is 7.48. The van der Waals surface area contributed by atoms with Gasteiger partial charge in [0, 0.05) is 22.7 Å². The Morgan fingerprint density at radius 2 is 2.24 bits per heavy atom. The van der Waals surface area contributed by atoms with Crippen LogP contribution in [0.15, 0.2) is 35.7 Å². The average molecular weight is 300 g/mol. The number of rotatable bonds is 4. The van der Waals surface area contributed by atoms with Crippen molar-refractivity contribution in [3.63, 3.8) is 0 Å². The minimum absolute atomic E-state index is 0.124. The first-order valence-electron chi connectivity index (χ1n) is 6.45. The van der Waals surface area contributed by atoms with E-state index in [9.17, 15) is 4.79 Å². The van der Waals surface area contributed by atoms with Gasteiger partial charge in [-0.05, 0) is 18.2 Å². The molecule has 0 atom stereocenters. The van der Waals surface area contributed by atoms with E-state index in [2.05, 4.69) is 17.2 Å². The molecule has 5 heteroatoms. The molecule has 1 aromatic carbocycles. The van der Waals surface area contributed by atoms with Crippen molar-refractivity contribution in [1.82, 2.24) is 0 Å². The van der Waals surface area contributed by atoms with Gasteiger partial charge in [-0.2, -0.15) is 0 Å². The monoisotopic (exact) mass is 300 g/mol. The number of amides is 1. The molecule has 0 spiro atoms. The maximum absolute atomic E-state index is 11.2. The molecule has 0 saturated carbocycles. The number of para-hydroxylation sites is 2. The van der Waals surface area contributed by atoms with E-state index in [1.165, 1.54) is 6.92 Å². The second-order valence-corrected chi connectivity index (χ2v) is 5.27. The summed E-state index contributed by atoms with van der Waals surface area (Å²) in [6, 6.07) is 9.34. The third-order valence-corrected chi connectivity index (χ3v) is 3.47. The standard InChI is InChI=1S/C16H16N2O2S/c1-12(19)18-15-6-2-3-7-16(15)20-10-14-9-13(11-21-14)5-4-8-17/h2-3,6-7,9,11H,8,10,17H2,1H3,(H,18,19). The van der Waals surface area contributed by atoms with Gasteiger partial charge >= 0.3 is 0 Å². The minimum Gasteiger partial charge on any atom is -0.486 e. The number of carbonyl (C=O) groups is 1.